The summed E-state index contributed by atoms with van der Waals surface area (Å²) in [7, 11) is 0. The van der Waals surface area contributed by atoms with E-state index >= 15 is 0 Å². The third kappa shape index (κ3) is 4.78. The average Bonchev–Trinajstić information content (AvgIpc) is 2.95. The molecule has 0 saturated heterocycles. The Balaban J connectivity index is 1.63. The molecule has 0 fully saturated rings. The summed E-state index contributed by atoms with van der Waals surface area (Å²) < 4.78 is 21.9. The van der Waals surface area contributed by atoms with Crippen molar-refractivity contribution >= 4 is 34.7 Å². The van der Waals surface area contributed by atoms with Crippen LogP contribution in [0.15, 0.2) is 59.7 Å². The fourth-order valence-corrected chi connectivity index (χ4v) is 3.18. The average molecular weight is 491 g/mol. The number of halogens is 2. The number of hydrogen-bond acceptors (Lipinski definition) is 3. The smallest absolute Gasteiger partial charge is 0.277 e. The van der Waals surface area contributed by atoms with Crippen LogP contribution in [0.4, 0.5) is 4.39 Å². The Morgan fingerprint density at radius 2 is 1.93 bits per heavy atom. The Bertz CT molecular complexity index is 1010. The first kappa shape index (κ1) is 20.1. The van der Waals surface area contributed by atoms with Gasteiger partial charge in [0.25, 0.3) is 5.91 Å². The summed E-state index contributed by atoms with van der Waals surface area (Å²) in [5.74, 6) is -0.949. The monoisotopic (exact) mass is 491 g/mol. The Morgan fingerprint density at radius 3 is 2.64 bits per heavy atom. The number of benzene rings is 2. The number of para-hydroxylation sites is 1. The van der Waals surface area contributed by atoms with Crippen molar-refractivity contribution in [2.75, 3.05) is 6.61 Å². The first-order valence-electron chi connectivity index (χ1n) is 8.60. The van der Waals surface area contributed by atoms with E-state index in [1.165, 1.54) is 15.7 Å². The highest BCUT2D eigenvalue weighted by atomic mass is 127. The number of amides is 1. The fraction of sp³-hybridized carbons (Fsp3) is 0.143. The third-order valence-electron chi connectivity index (χ3n) is 4.14. The Kier molecular flexibility index (Phi) is 6.45. The van der Waals surface area contributed by atoms with Crippen LogP contribution in [0.3, 0.4) is 0 Å². The summed E-state index contributed by atoms with van der Waals surface area (Å²) in [6.07, 6.45) is 1.59. The third-order valence-corrected chi connectivity index (χ3v) is 4.86. The van der Waals surface area contributed by atoms with E-state index in [1.807, 2.05) is 19.9 Å². The van der Waals surface area contributed by atoms with Gasteiger partial charge in [-0.25, -0.2) is 9.82 Å². The molecular formula is C21H19FIN3O2. The maximum Gasteiger partial charge on any atom is 0.277 e. The minimum atomic E-state index is -0.512. The lowest BCUT2D eigenvalue weighted by molar-refractivity contribution is -0.123. The zero-order chi connectivity index (χ0) is 20.1. The molecule has 0 saturated carbocycles. The Hall–Kier alpha value is -2.68. The SMILES string of the molecule is Cc1cc(C=NNC(=O)COc2ccccc2F)c(C)n1-c1ccc(I)cc1. The number of nitrogens with one attached hydrogen (secondary N) is 1. The van der Waals surface area contributed by atoms with Gasteiger partial charge >= 0.3 is 0 Å². The molecule has 5 nitrogen and oxygen atoms in total. The molecule has 0 unspecified atom stereocenters. The van der Waals surface area contributed by atoms with Gasteiger partial charge in [0.1, 0.15) is 0 Å². The standard InChI is InChI=1S/C21H19FIN3O2/c1-14-11-16(15(2)26(14)18-9-7-17(23)8-10-18)12-24-25-21(27)13-28-20-6-4-3-5-19(20)22/h3-12H,13H2,1-2H3,(H,25,27). The summed E-state index contributed by atoms with van der Waals surface area (Å²) in [6, 6.07) is 16.2. The van der Waals surface area contributed by atoms with Crippen LogP contribution in [0.5, 0.6) is 5.75 Å². The predicted molar refractivity (Wildman–Crippen MR) is 116 cm³/mol. The molecule has 3 rings (SSSR count). The van der Waals surface area contributed by atoms with E-state index in [4.69, 9.17) is 4.74 Å². The van der Waals surface area contributed by atoms with Crippen LogP contribution in [0.1, 0.15) is 17.0 Å². The van der Waals surface area contributed by atoms with E-state index in [2.05, 4.69) is 62.0 Å². The second-order valence-electron chi connectivity index (χ2n) is 6.15. The molecular weight excluding hydrogens is 472 g/mol. The molecule has 1 heterocycles. The lowest BCUT2D eigenvalue weighted by atomic mass is 10.2. The summed E-state index contributed by atoms with van der Waals surface area (Å²) in [5.41, 5.74) is 6.44. The second-order valence-corrected chi connectivity index (χ2v) is 7.40. The van der Waals surface area contributed by atoms with Crippen LogP contribution in [-0.2, 0) is 4.79 Å². The van der Waals surface area contributed by atoms with E-state index in [-0.39, 0.29) is 12.4 Å². The molecule has 0 bridgehead atoms. The summed E-state index contributed by atoms with van der Waals surface area (Å²) >= 11 is 2.27. The molecule has 28 heavy (non-hydrogen) atoms. The topological polar surface area (TPSA) is 55.6 Å². The van der Waals surface area contributed by atoms with E-state index in [0.29, 0.717) is 0 Å². The van der Waals surface area contributed by atoms with Gasteiger partial charge in [0.2, 0.25) is 0 Å². The number of ether oxygens (including phenoxy) is 1. The van der Waals surface area contributed by atoms with Crippen molar-refractivity contribution in [1.82, 2.24) is 9.99 Å². The highest BCUT2D eigenvalue weighted by Gasteiger charge is 2.10. The Morgan fingerprint density at radius 1 is 1.21 bits per heavy atom. The molecule has 7 heteroatoms. The number of hydrazone groups is 1. The fourth-order valence-electron chi connectivity index (χ4n) is 2.82. The minimum absolute atomic E-state index is 0.0303. The molecule has 1 N–H and O–H groups in total. The van der Waals surface area contributed by atoms with Gasteiger partial charge in [-0.1, -0.05) is 12.1 Å². The zero-order valence-corrected chi connectivity index (χ0v) is 17.6. The number of carbonyl (C=O) groups excluding carboxylic acids is 1. The van der Waals surface area contributed by atoms with Gasteiger partial charge in [0.05, 0.1) is 6.21 Å². The molecule has 0 radical (unpaired) electrons. The summed E-state index contributed by atoms with van der Waals surface area (Å²) in [4.78, 5) is 11.9. The maximum absolute atomic E-state index is 13.5. The van der Waals surface area contributed by atoms with Crippen molar-refractivity contribution in [2.45, 2.75) is 13.8 Å². The van der Waals surface area contributed by atoms with Gasteiger partial charge in [-0.3, -0.25) is 4.79 Å². The molecule has 0 aliphatic heterocycles. The van der Waals surface area contributed by atoms with Crippen molar-refractivity contribution in [1.29, 1.82) is 0 Å². The number of nitrogens with zero attached hydrogens (tertiary/aromatic N) is 2. The molecule has 0 aliphatic carbocycles. The summed E-state index contributed by atoms with van der Waals surface area (Å²) in [6.45, 7) is 3.69. The maximum atomic E-state index is 13.5. The first-order chi connectivity index (χ1) is 13.5. The number of rotatable bonds is 6. The second kappa shape index (κ2) is 9.01. The quantitative estimate of drug-likeness (QED) is 0.317. The lowest BCUT2D eigenvalue weighted by Gasteiger charge is -2.09. The first-order valence-corrected chi connectivity index (χ1v) is 9.67. The molecule has 0 atom stereocenters. The Labute approximate surface area is 176 Å². The van der Waals surface area contributed by atoms with Crippen LogP contribution >= 0.6 is 22.6 Å². The molecule has 0 aliphatic rings. The van der Waals surface area contributed by atoms with Crippen molar-refractivity contribution in [2.24, 2.45) is 5.10 Å². The largest absolute Gasteiger partial charge is 0.481 e. The van der Waals surface area contributed by atoms with Gasteiger partial charge in [0.15, 0.2) is 18.2 Å². The van der Waals surface area contributed by atoms with E-state index in [1.54, 1.807) is 18.3 Å². The van der Waals surface area contributed by atoms with Crippen LogP contribution in [-0.4, -0.2) is 23.3 Å². The highest BCUT2D eigenvalue weighted by molar-refractivity contribution is 14.1. The minimum Gasteiger partial charge on any atom is -0.481 e. The number of aryl methyl sites for hydroxylation is 1. The summed E-state index contributed by atoms with van der Waals surface area (Å²) in [5, 5.41) is 3.99. The van der Waals surface area contributed by atoms with Gasteiger partial charge in [-0.05, 0) is 78.9 Å². The molecule has 0 spiro atoms. The van der Waals surface area contributed by atoms with Gasteiger partial charge in [-0.2, -0.15) is 5.10 Å². The number of aromatic nitrogens is 1. The normalized spacial score (nSPS) is 11.0. The lowest BCUT2D eigenvalue weighted by Crippen LogP contribution is -2.24. The van der Waals surface area contributed by atoms with Crippen LogP contribution in [0.2, 0.25) is 0 Å². The van der Waals surface area contributed by atoms with Crippen LogP contribution in [0, 0.1) is 23.2 Å². The van der Waals surface area contributed by atoms with Crippen molar-refractivity contribution < 1.29 is 13.9 Å². The zero-order valence-electron chi connectivity index (χ0n) is 15.4. The molecule has 2 aromatic carbocycles. The van der Waals surface area contributed by atoms with Crippen LogP contribution < -0.4 is 10.2 Å². The highest BCUT2D eigenvalue weighted by Crippen LogP contribution is 2.20. The van der Waals surface area contributed by atoms with E-state index in [9.17, 15) is 9.18 Å². The van der Waals surface area contributed by atoms with Crippen molar-refractivity contribution in [3.05, 3.63) is 80.9 Å². The number of carbonyl (C=O) groups is 1. The van der Waals surface area contributed by atoms with Gasteiger partial charge in [-0.15, -0.1) is 0 Å². The molecule has 144 valence electrons. The molecule has 1 amide bonds. The van der Waals surface area contributed by atoms with Crippen molar-refractivity contribution in [3.63, 3.8) is 0 Å². The van der Waals surface area contributed by atoms with E-state index in [0.717, 1.165) is 22.6 Å². The van der Waals surface area contributed by atoms with Crippen LogP contribution in [0.25, 0.3) is 5.69 Å². The van der Waals surface area contributed by atoms with Gasteiger partial charge < -0.3 is 9.30 Å². The number of hydrogen-bond donors (Lipinski definition) is 1. The van der Waals surface area contributed by atoms with Crippen molar-refractivity contribution in [3.8, 4) is 11.4 Å². The molecule has 1 aromatic heterocycles. The van der Waals surface area contributed by atoms with E-state index < -0.39 is 11.7 Å². The molecule has 3 aromatic rings. The predicted octanol–water partition coefficient (Wildman–Crippen LogP) is 4.37. The van der Waals surface area contributed by atoms with Gasteiger partial charge in [0, 0.05) is 26.2 Å².